The molecule has 0 aromatic carbocycles. The van der Waals surface area contributed by atoms with Crippen molar-refractivity contribution < 1.29 is 9.53 Å². The van der Waals surface area contributed by atoms with E-state index in [1.54, 1.807) is 6.07 Å². The van der Waals surface area contributed by atoms with E-state index in [0.717, 1.165) is 31.6 Å². The van der Waals surface area contributed by atoms with Crippen molar-refractivity contribution >= 4 is 6.09 Å². The Morgan fingerprint density at radius 2 is 1.82 bits per heavy atom. The number of rotatable bonds is 3. The van der Waals surface area contributed by atoms with Gasteiger partial charge in [0.05, 0.1) is 0 Å². The highest BCUT2D eigenvalue weighted by Gasteiger charge is 2.18. The van der Waals surface area contributed by atoms with Crippen LogP contribution in [0.5, 0.6) is 5.88 Å². The van der Waals surface area contributed by atoms with E-state index >= 15 is 0 Å². The number of aromatic nitrogens is 1. The Hall–Kier alpha value is -1.62. The Kier molecular flexibility index (Phi) is 5.27. The molecule has 2 heterocycles. The molecule has 2 aliphatic rings. The van der Waals surface area contributed by atoms with Crippen LogP contribution in [0.15, 0.2) is 18.2 Å². The zero-order valence-corrected chi connectivity index (χ0v) is 13.1. The topological polar surface area (TPSA) is 54.5 Å². The van der Waals surface area contributed by atoms with Crippen LogP contribution in [-0.2, 0) is 0 Å². The van der Waals surface area contributed by atoms with Crippen LogP contribution in [0.1, 0.15) is 63.0 Å². The fourth-order valence-corrected chi connectivity index (χ4v) is 3.37. The second-order valence-corrected chi connectivity index (χ2v) is 6.28. The Labute approximate surface area is 132 Å². The summed E-state index contributed by atoms with van der Waals surface area (Å²) < 4.78 is 5.35. The summed E-state index contributed by atoms with van der Waals surface area (Å²) in [6.07, 6.45) is 9.29. The molecular formula is C17H25N3O2. The lowest BCUT2D eigenvalue weighted by Gasteiger charge is -2.26. The number of carbonyl (C=O) groups is 1. The molecule has 5 nitrogen and oxygen atoms in total. The van der Waals surface area contributed by atoms with Gasteiger partial charge in [0.1, 0.15) is 0 Å². The Bertz CT molecular complexity index is 494. The first-order chi connectivity index (χ1) is 10.8. The van der Waals surface area contributed by atoms with E-state index in [-0.39, 0.29) is 0 Å². The molecule has 0 spiro atoms. The number of piperidine rings is 1. The lowest BCUT2D eigenvalue weighted by Crippen LogP contribution is -2.46. The summed E-state index contributed by atoms with van der Waals surface area (Å²) in [6.45, 7) is 1.79. The summed E-state index contributed by atoms with van der Waals surface area (Å²) in [4.78, 5) is 16.5. The van der Waals surface area contributed by atoms with Crippen LogP contribution in [0.2, 0.25) is 0 Å². The van der Waals surface area contributed by atoms with E-state index in [9.17, 15) is 4.79 Å². The van der Waals surface area contributed by atoms with E-state index < -0.39 is 6.09 Å². The predicted octanol–water partition coefficient (Wildman–Crippen LogP) is 3.62. The highest BCUT2D eigenvalue weighted by molar-refractivity contribution is 5.69. The summed E-state index contributed by atoms with van der Waals surface area (Å²) >= 11 is 0. The van der Waals surface area contributed by atoms with Gasteiger partial charge in [-0.3, -0.25) is 5.43 Å². The van der Waals surface area contributed by atoms with Crippen LogP contribution in [-0.4, -0.2) is 29.2 Å². The number of hydrogen-bond donors (Lipinski definition) is 1. The van der Waals surface area contributed by atoms with Crippen LogP contribution in [0.3, 0.4) is 0 Å². The lowest BCUT2D eigenvalue weighted by molar-refractivity contribution is 0.128. The molecule has 1 aromatic rings. The molecule has 0 radical (unpaired) electrons. The van der Waals surface area contributed by atoms with Crippen molar-refractivity contribution in [1.29, 1.82) is 0 Å². The summed E-state index contributed by atoms with van der Waals surface area (Å²) in [5, 5.41) is 1.93. The molecule has 0 atom stereocenters. The molecule has 3 rings (SSSR count). The van der Waals surface area contributed by atoms with Crippen LogP contribution >= 0.6 is 0 Å². The van der Waals surface area contributed by atoms with Crippen LogP contribution < -0.4 is 10.2 Å². The molecule has 0 unspecified atom stereocenters. The highest BCUT2D eigenvalue weighted by Crippen LogP contribution is 2.32. The average molecular weight is 303 g/mol. The molecule has 1 saturated carbocycles. The standard InChI is InChI=1S/C17H25N3O2/c21-17(19-20-12-5-2-6-13-20)22-16-11-7-10-15(18-16)14-8-3-1-4-9-14/h7,10-11,14H,1-6,8-9,12-13H2,(H,19,21). The second-order valence-electron chi connectivity index (χ2n) is 6.28. The van der Waals surface area contributed by atoms with E-state index in [0.29, 0.717) is 11.8 Å². The molecule has 1 aliphatic heterocycles. The Morgan fingerprint density at radius 3 is 2.59 bits per heavy atom. The third-order valence-corrected chi connectivity index (χ3v) is 4.57. The van der Waals surface area contributed by atoms with Crippen molar-refractivity contribution in [2.75, 3.05) is 13.1 Å². The summed E-state index contributed by atoms with van der Waals surface area (Å²) in [6, 6.07) is 5.73. The molecule has 5 heteroatoms. The zero-order chi connectivity index (χ0) is 15.2. The molecule has 22 heavy (non-hydrogen) atoms. The van der Waals surface area contributed by atoms with Crippen molar-refractivity contribution in [2.24, 2.45) is 0 Å². The monoisotopic (exact) mass is 303 g/mol. The van der Waals surface area contributed by atoms with E-state index in [2.05, 4.69) is 10.4 Å². The second kappa shape index (κ2) is 7.58. The van der Waals surface area contributed by atoms with Crippen molar-refractivity contribution in [3.8, 4) is 5.88 Å². The lowest BCUT2D eigenvalue weighted by atomic mass is 9.87. The Morgan fingerprint density at radius 1 is 1.09 bits per heavy atom. The van der Waals surface area contributed by atoms with E-state index in [4.69, 9.17) is 4.74 Å². The number of pyridine rings is 1. The molecule has 1 aromatic heterocycles. The maximum Gasteiger partial charge on any atom is 0.428 e. The molecule has 1 N–H and O–H groups in total. The number of nitrogens with zero attached hydrogens (tertiary/aromatic N) is 2. The SMILES string of the molecule is O=C(NN1CCCCC1)Oc1cccc(C2CCCCC2)n1. The third kappa shape index (κ3) is 4.19. The van der Waals surface area contributed by atoms with Crippen molar-refractivity contribution in [2.45, 2.75) is 57.3 Å². The van der Waals surface area contributed by atoms with Gasteiger partial charge in [-0.2, -0.15) is 0 Å². The normalized spacial score (nSPS) is 20.5. The molecule has 120 valence electrons. The van der Waals surface area contributed by atoms with Crippen molar-refractivity contribution in [3.05, 3.63) is 23.9 Å². The first-order valence-electron chi connectivity index (χ1n) is 8.51. The van der Waals surface area contributed by atoms with Gasteiger partial charge in [0.15, 0.2) is 0 Å². The first kappa shape index (κ1) is 15.3. The number of hydrazine groups is 1. The van der Waals surface area contributed by atoms with Gasteiger partial charge < -0.3 is 4.74 Å². The number of amides is 1. The maximum atomic E-state index is 12.0. The minimum atomic E-state index is -0.435. The van der Waals surface area contributed by atoms with E-state index in [1.807, 2.05) is 17.1 Å². The first-order valence-corrected chi connectivity index (χ1v) is 8.51. The Balaban J connectivity index is 1.56. The quantitative estimate of drug-likeness (QED) is 0.926. The highest BCUT2D eigenvalue weighted by atomic mass is 16.6. The minimum absolute atomic E-state index is 0.401. The third-order valence-electron chi connectivity index (χ3n) is 4.57. The average Bonchev–Trinajstić information content (AvgIpc) is 2.57. The molecular weight excluding hydrogens is 278 g/mol. The molecule has 1 saturated heterocycles. The van der Waals surface area contributed by atoms with Gasteiger partial charge in [0.25, 0.3) is 0 Å². The van der Waals surface area contributed by atoms with Gasteiger partial charge in [-0.05, 0) is 31.7 Å². The minimum Gasteiger partial charge on any atom is -0.390 e. The smallest absolute Gasteiger partial charge is 0.390 e. The van der Waals surface area contributed by atoms with Gasteiger partial charge in [-0.25, -0.2) is 14.8 Å². The summed E-state index contributed by atoms with van der Waals surface area (Å²) in [5.41, 5.74) is 3.86. The van der Waals surface area contributed by atoms with Crippen molar-refractivity contribution in [3.63, 3.8) is 0 Å². The molecule has 1 amide bonds. The zero-order valence-electron chi connectivity index (χ0n) is 13.1. The van der Waals surface area contributed by atoms with Gasteiger partial charge in [-0.15, -0.1) is 0 Å². The predicted molar refractivity (Wildman–Crippen MR) is 84.6 cm³/mol. The number of nitrogens with one attached hydrogen (secondary N) is 1. The van der Waals surface area contributed by atoms with E-state index in [1.165, 1.54) is 38.5 Å². The molecule has 2 fully saturated rings. The number of carbonyl (C=O) groups excluding carboxylic acids is 1. The van der Waals surface area contributed by atoms with Crippen molar-refractivity contribution in [1.82, 2.24) is 15.4 Å². The van der Waals surface area contributed by atoms with Gasteiger partial charge in [0, 0.05) is 30.8 Å². The number of ether oxygens (including phenoxy) is 1. The summed E-state index contributed by atoms with van der Waals surface area (Å²) in [5.74, 6) is 0.917. The fourth-order valence-electron chi connectivity index (χ4n) is 3.37. The van der Waals surface area contributed by atoms with Crippen LogP contribution in [0.25, 0.3) is 0 Å². The maximum absolute atomic E-state index is 12.0. The van der Waals surface area contributed by atoms with Gasteiger partial charge >= 0.3 is 6.09 Å². The largest absolute Gasteiger partial charge is 0.428 e. The molecule has 0 bridgehead atoms. The van der Waals surface area contributed by atoms with Crippen LogP contribution in [0, 0.1) is 0 Å². The summed E-state index contributed by atoms with van der Waals surface area (Å²) in [7, 11) is 0. The number of hydrogen-bond acceptors (Lipinski definition) is 4. The molecule has 1 aliphatic carbocycles. The van der Waals surface area contributed by atoms with Gasteiger partial charge in [-0.1, -0.05) is 31.7 Å². The van der Waals surface area contributed by atoms with Crippen LogP contribution in [0.4, 0.5) is 4.79 Å². The van der Waals surface area contributed by atoms with Gasteiger partial charge in [0.2, 0.25) is 5.88 Å². The fraction of sp³-hybridized carbons (Fsp3) is 0.647.